The lowest BCUT2D eigenvalue weighted by molar-refractivity contribution is -0.146. The van der Waals surface area contributed by atoms with Crippen molar-refractivity contribution in [2.75, 3.05) is 0 Å². The highest BCUT2D eigenvalue weighted by atomic mass is 35.5. The SMILES string of the molecule is Cn1cccc1CN(Cc1cccs1)C(=O)C(C)(C)Oc1ccc(Cl)cc1. The minimum atomic E-state index is -1.00. The van der Waals surface area contributed by atoms with Crippen molar-refractivity contribution in [2.24, 2.45) is 7.05 Å². The molecule has 0 aliphatic heterocycles. The molecule has 0 unspecified atom stereocenters. The zero-order valence-corrected chi connectivity index (χ0v) is 17.3. The van der Waals surface area contributed by atoms with Gasteiger partial charge in [-0.3, -0.25) is 4.79 Å². The lowest BCUT2D eigenvalue weighted by Gasteiger charge is -2.32. The average Bonchev–Trinajstić information content (AvgIpc) is 3.28. The molecule has 0 saturated heterocycles. The van der Waals surface area contributed by atoms with Gasteiger partial charge in [0, 0.05) is 28.8 Å². The van der Waals surface area contributed by atoms with E-state index in [1.54, 1.807) is 49.4 Å². The van der Waals surface area contributed by atoms with E-state index in [-0.39, 0.29) is 5.91 Å². The van der Waals surface area contributed by atoms with Crippen molar-refractivity contribution in [2.45, 2.75) is 32.5 Å². The van der Waals surface area contributed by atoms with E-state index in [1.165, 1.54) is 0 Å². The number of nitrogens with zero attached hydrogens (tertiary/aromatic N) is 2. The van der Waals surface area contributed by atoms with Crippen molar-refractivity contribution >= 4 is 28.8 Å². The first-order valence-electron chi connectivity index (χ1n) is 8.72. The molecular weight excluding hydrogens is 380 g/mol. The number of benzene rings is 1. The van der Waals surface area contributed by atoms with Crippen LogP contribution in [0, 0.1) is 0 Å². The zero-order chi connectivity index (χ0) is 19.4. The summed E-state index contributed by atoms with van der Waals surface area (Å²) < 4.78 is 8.04. The lowest BCUT2D eigenvalue weighted by atomic mass is 10.1. The second kappa shape index (κ2) is 8.19. The number of aromatic nitrogens is 1. The Morgan fingerprint density at radius 2 is 1.89 bits per heavy atom. The molecule has 142 valence electrons. The maximum Gasteiger partial charge on any atom is 0.266 e. The number of carbonyl (C=O) groups excluding carboxylic acids is 1. The van der Waals surface area contributed by atoms with Crippen LogP contribution in [0.25, 0.3) is 0 Å². The minimum absolute atomic E-state index is 0.0629. The summed E-state index contributed by atoms with van der Waals surface area (Å²) in [5, 5.41) is 2.66. The molecule has 0 spiro atoms. The van der Waals surface area contributed by atoms with Crippen LogP contribution < -0.4 is 4.74 Å². The van der Waals surface area contributed by atoms with E-state index in [2.05, 4.69) is 0 Å². The molecule has 3 rings (SSSR count). The van der Waals surface area contributed by atoms with E-state index >= 15 is 0 Å². The number of thiophene rings is 1. The summed E-state index contributed by atoms with van der Waals surface area (Å²) in [6.45, 7) is 4.68. The Labute approximate surface area is 168 Å². The molecule has 1 aromatic carbocycles. The van der Waals surface area contributed by atoms with Crippen LogP contribution in [0.2, 0.25) is 5.02 Å². The molecule has 0 fully saturated rings. The van der Waals surface area contributed by atoms with Gasteiger partial charge in [-0.2, -0.15) is 0 Å². The maximum atomic E-state index is 13.4. The molecule has 2 aromatic heterocycles. The van der Waals surface area contributed by atoms with Gasteiger partial charge < -0.3 is 14.2 Å². The number of aryl methyl sites for hydroxylation is 1. The summed E-state index contributed by atoms with van der Waals surface area (Å²) in [5.41, 5.74) is 0.0678. The Morgan fingerprint density at radius 3 is 2.48 bits per heavy atom. The molecule has 0 bridgehead atoms. The molecule has 0 aliphatic carbocycles. The van der Waals surface area contributed by atoms with Crippen molar-refractivity contribution in [1.82, 2.24) is 9.47 Å². The molecule has 3 aromatic rings. The number of hydrogen-bond acceptors (Lipinski definition) is 3. The van der Waals surface area contributed by atoms with Crippen molar-refractivity contribution in [3.05, 3.63) is 75.7 Å². The third-order valence-corrected chi connectivity index (χ3v) is 5.43. The second-order valence-corrected chi connectivity index (χ2v) is 8.39. The monoisotopic (exact) mass is 402 g/mol. The fourth-order valence-corrected chi connectivity index (χ4v) is 3.71. The second-order valence-electron chi connectivity index (χ2n) is 6.92. The number of ether oxygens (including phenoxy) is 1. The highest BCUT2D eigenvalue weighted by Gasteiger charge is 2.34. The van der Waals surface area contributed by atoms with Gasteiger partial charge in [0.2, 0.25) is 0 Å². The molecular formula is C21H23ClN2O2S. The van der Waals surface area contributed by atoms with Crippen LogP contribution >= 0.6 is 22.9 Å². The van der Waals surface area contributed by atoms with Crippen molar-refractivity contribution < 1.29 is 9.53 Å². The van der Waals surface area contributed by atoms with Gasteiger partial charge in [-0.05, 0) is 61.7 Å². The molecule has 0 radical (unpaired) electrons. The van der Waals surface area contributed by atoms with Crippen molar-refractivity contribution in [3.8, 4) is 5.75 Å². The molecule has 27 heavy (non-hydrogen) atoms. The minimum Gasteiger partial charge on any atom is -0.478 e. The van der Waals surface area contributed by atoms with E-state index in [0.717, 1.165) is 10.6 Å². The van der Waals surface area contributed by atoms with E-state index in [1.807, 2.05) is 52.4 Å². The molecule has 0 saturated carbocycles. The van der Waals surface area contributed by atoms with E-state index in [0.29, 0.717) is 23.9 Å². The Kier molecular flexibility index (Phi) is 5.92. The number of carbonyl (C=O) groups is 1. The number of halogens is 1. The lowest BCUT2D eigenvalue weighted by Crippen LogP contribution is -2.48. The van der Waals surface area contributed by atoms with E-state index in [4.69, 9.17) is 16.3 Å². The highest BCUT2D eigenvalue weighted by Crippen LogP contribution is 2.24. The Balaban J connectivity index is 1.81. The molecule has 0 N–H and O–H groups in total. The summed E-state index contributed by atoms with van der Waals surface area (Å²) in [6.07, 6.45) is 1.98. The molecule has 0 atom stereocenters. The van der Waals surface area contributed by atoms with Gasteiger partial charge in [0.15, 0.2) is 5.60 Å². The fourth-order valence-electron chi connectivity index (χ4n) is 2.87. The van der Waals surface area contributed by atoms with Gasteiger partial charge in [0.25, 0.3) is 5.91 Å². The summed E-state index contributed by atoms with van der Waals surface area (Å²) in [4.78, 5) is 16.4. The third-order valence-electron chi connectivity index (χ3n) is 4.32. The van der Waals surface area contributed by atoms with E-state index in [9.17, 15) is 4.79 Å². The van der Waals surface area contributed by atoms with Crippen LogP contribution in [0.1, 0.15) is 24.4 Å². The van der Waals surface area contributed by atoms with Crippen LogP contribution in [0.15, 0.2) is 60.1 Å². The fraction of sp³-hybridized carbons (Fsp3) is 0.286. The zero-order valence-electron chi connectivity index (χ0n) is 15.7. The smallest absolute Gasteiger partial charge is 0.266 e. The first kappa shape index (κ1) is 19.5. The molecule has 6 heteroatoms. The van der Waals surface area contributed by atoms with Gasteiger partial charge >= 0.3 is 0 Å². The number of amides is 1. The summed E-state index contributed by atoms with van der Waals surface area (Å²) in [7, 11) is 1.98. The predicted octanol–water partition coefficient (Wildman–Crippen LogP) is 5.13. The Bertz CT molecular complexity index is 885. The van der Waals surface area contributed by atoms with Gasteiger partial charge in [-0.1, -0.05) is 17.7 Å². The largest absolute Gasteiger partial charge is 0.478 e. The summed E-state index contributed by atoms with van der Waals surface area (Å²) in [6, 6.07) is 15.1. The van der Waals surface area contributed by atoms with Crippen LogP contribution in [0.3, 0.4) is 0 Å². The molecule has 1 amide bonds. The summed E-state index contributed by atoms with van der Waals surface area (Å²) in [5.74, 6) is 0.555. The molecule has 4 nitrogen and oxygen atoms in total. The molecule has 2 heterocycles. The van der Waals surface area contributed by atoms with Gasteiger partial charge in [0.05, 0.1) is 13.1 Å². The van der Waals surface area contributed by atoms with E-state index < -0.39 is 5.60 Å². The van der Waals surface area contributed by atoms with Gasteiger partial charge in [-0.25, -0.2) is 0 Å². The van der Waals surface area contributed by atoms with Gasteiger partial charge in [0.1, 0.15) is 5.75 Å². The first-order chi connectivity index (χ1) is 12.8. The van der Waals surface area contributed by atoms with Crippen molar-refractivity contribution in [1.29, 1.82) is 0 Å². The highest BCUT2D eigenvalue weighted by molar-refractivity contribution is 7.09. The first-order valence-corrected chi connectivity index (χ1v) is 9.97. The average molecular weight is 403 g/mol. The quantitative estimate of drug-likeness (QED) is 0.549. The van der Waals surface area contributed by atoms with Gasteiger partial charge in [-0.15, -0.1) is 11.3 Å². The third kappa shape index (κ3) is 4.93. The number of hydrogen-bond donors (Lipinski definition) is 0. The standard InChI is InChI=1S/C21H23ClN2O2S/c1-21(2,26-18-10-8-16(22)9-11-18)20(25)24(15-19-7-5-13-27-19)14-17-6-4-12-23(17)3/h4-13H,14-15H2,1-3H3. The van der Waals surface area contributed by atoms with Crippen LogP contribution in [0.4, 0.5) is 0 Å². The Hall–Kier alpha value is -2.24. The topological polar surface area (TPSA) is 34.5 Å². The predicted molar refractivity (Wildman–Crippen MR) is 110 cm³/mol. The maximum absolute atomic E-state index is 13.4. The normalized spacial score (nSPS) is 11.4. The Morgan fingerprint density at radius 1 is 1.15 bits per heavy atom. The van der Waals surface area contributed by atoms with Crippen LogP contribution in [0.5, 0.6) is 5.75 Å². The molecule has 0 aliphatic rings. The van der Waals surface area contributed by atoms with Crippen molar-refractivity contribution in [3.63, 3.8) is 0 Å². The van der Waals surface area contributed by atoms with Crippen LogP contribution in [-0.4, -0.2) is 21.0 Å². The number of rotatable bonds is 7. The summed E-state index contributed by atoms with van der Waals surface area (Å²) >= 11 is 7.58. The van der Waals surface area contributed by atoms with Crippen LogP contribution in [-0.2, 0) is 24.9 Å².